The zero-order chi connectivity index (χ0) is 12.4. The highest BCUT2D eigenvalue weighted by Gasteiger charge is 2.47. The average molecular weight is 258 g/mol. The van der Waals surface area contributed by atoms with Gasteiger partial charge in [0.15, 0.2) is 0 Å². The Bertz CT molecular complexity index is 466. The summed E-state index contributed by atoms with van der Waals surface area (Å²) in [5.41, 5.74) is -5.77. The van der Waals surface area contributed by atoms with E-state index in [1.165, 1.54) is 12.1 Å². The van der Waals surface area contributed by atoms with E-state index in [2.05, 4.69) is 4.18 Å². The van der Waals surface area contributed by atoms with E-state index in [1.807, 2.05) is 0 Å². The SMILES string of the molecule is O=S(=O)(OCc1ccccc1F)C(F)(F)F. The van der Waals surface area contributed by atoms with E-state index < -0.39 is 28.1 Å². The van der Waals surface area contributed by atoms with E-state index >= 15 is 0 Å². The Labute approximate surface area is 88.8 Å². The maximum absolute atomic E-state index is 12.9. The van der Waals surface area contributed by atoms with Gasteiger partial charge in [0, 0.05) is 5.56 Å². The lowest BCUT2D eigenvalue weighted by atomic mass is 10.2. The normalized spacial score (nSPS) is 12.8. The van der Waals surface area contributed by atoms with E-state index in [1.54, 1.807) is 0 Å². The lowest BCUT2D eigenvalue weighted by Crippen LogP contribution is -2.25. The fourth-order valence-electron chi connectivity index (χ4n) is 0.823. The summed E-state index contributed by atoms with van der Waals surface area (Å²) in [7, 11) is -5.68. The van der Waals surface area contributed by atoms with Crippen LogP contribution in [0.5, 0.6) is 0 Å². The lowest BCUT2D eigenvalue weighted by molar-refractivity contribution is -0.0548. The summed E-state index contributed by atoms with van der Waals surface area (Å²) in [6.45, 7) is -0.992. The molecule has 0 amide bonds. The van der Waals surface area contributed by atoms with Crippen LogP contribution in [0.15, 0.2) is 24.3 Å². The molecule has 3 nitrogen and oxygen atoms in total. The maximum atomic E-state index is 12.9. The summed E-state index contributed by atoms with van der Waals surface area (Å²) in [6.07, 6.45) is 0. The molecule has 0 atom stereocenters. The second-order valence-electron chi connectivity index (χ2n) is 2.75. The molecule has 1 aromatic carbocycles. The Hall–Kier alpha value is -1.15. The summed E-state index contributed by atoms with van der Waals surface area (Å²) in [5.74, 6) is -0.833. The first kappa shape index (κ1) is 12.9. The van der Waals surface area contributed by atoms with E-state index in [0.717, 1.165) is 12.1 Å². The third kappa shape index (κ3) is 2.92. The maximum Gasteiger partial charge on any atom is 0.523 e. The van der Waals surface area contributed by atoms with Crippen molar-refractivity contribution in [3.8, 4) is 0 Å². The van der Waals surface area contributed by atoms with E-state index in [9.17, 15) is 26.0 Å². The number of benzene rings is 1. The third-order valence-corrected chi connectivity index (χ3v) is 2.61. The molecule has 0 N–H and O–H groups in total. The van der Waals surface area contributed by atoms with Gasteiger partial charge in [-0.3, -0.25) is 4.18 Å². The van der Waals surface area contributed by atoms with Crippen molar-refractivity contribution in [3.63, 3.8) is 0 Å². The first-order chi connectivity index (χ1) is 7.24. The summed E-state index contributed by atoms with van der Waals surface area (Å²) < 4.78 is 73.0. The predicted octanol–water partition coefficient (Wildman–Crippen LogP) is 2.19. The van der Waals surface area contributed by atoms with Crippen LogP contribution in [-0.4, -0.2) is 13.9 Å². The molecule has 0 aliphatic heterocycles. The minimum Gasteiger partial charge on any atom is -0.258 e. The highest BCUT2D eigenvalue weighted by Crippen LogP contribution is 2.25. The molecule has 0 heterocycles. The number of hydrogen-bond acceptors (Lipinski definition) is 3. The van der Waals surface area contributed by atoms with Crippen LogP contribution in [-0.2, 0) is 20.9 Å². The van der Waals surface area contributed by atoms with Crippen molar-refractivity contribution in [2.75, 3.05) is 0 Å². The summed E-state index contributed by atoms with van der Waals surface area (Å²) in [6, 6.07) is 4.78. The zero-order valence-corrected chi connectivity index (χ0v) is 8.48. The van der Waals surface area contributed by atoms with Crippen molar-refractivity contribution in [2.45, 2.75) is 12.1 Å². The Kier molecular flexibility index (Phi) is 3.54. The molecular weight excluding hydrogens is 252 g/mol. The van der Waals surface area contributed by atoms with E-state index in [-0.39, 0.29) is 5.56 Å². The van der Waals surface area contributed by atoms with Crippen LogP contribution < -0.4 is 0 Å². The van der Waals surface area contributed by atoms with Gasteiger partial charge in [-0.05, 0) is 6.07 Å². The standard InChI is InChI=1S/C8H6F4O3S/c9-7-4-2-1-3-6(7)5-15-16(13,14)8(10,11)12/h1-4H,5H2. The van der Waals surface area contributed by atoms with Crippen LogP contribution >= 0.6 is 0 Å². The molecule has 0 saturated carbocycles. The molecule has 8 heteroatoms. The molecule has 16 heavy (non-hydrogen) atoms. The second kappa shape index (κ2) is 4.38. The van der Waals surface area contributed by atoms with Crippen LogP contribution in [0.2, 0.25) is 0 Å². The highest BCUT2D eigenvalue weighted by atomic mass is 32.2. The predicted molar refractivity (Wildman–Crippen MR) is 46.2 cm³/mol. The van der Waals surface area contributed by atoms with Crippen LogP contribution in [0.1, 0.15) is 5.56 Å². The molecule has 90 valence electrons. The van der Waals surface area contributed by atoms with Crippen molar-refractivity contribution < 1.29 is 30.2 Å². The molecule has 0 saturated heterocycles. The van der Waals surface area contributed by atoms with Gasteiger partial charge in [-0.2, -0.15) is 21.6 Å². The van der Waals surface area contributed by atoms with Gasteiger partial charge < -0.3 is 0 Å². The Morgan fingerprint density at radius 3 is 2.25 bits per heavy atom. The van der Waals surface area contributed by atoms with Gasteiger partial charge in [0.1, 0.15) is 5.82 Å². The first-order valence-electron chi connectivity index (χ1n) is 3.93. The fourth-order valence-corrected chi connectivity index (χ4v) is 1.24. The van der Waals surface area contributed by atoms with Crippen LogP contribution in [0.4, 0.5) is 17.6 Å². The third-order valence-electron chi connectivity index (χ3n) is 1.61. The molecule has 0 radical (unpaired) electrons. The molecule has 0 fully saturated rings. The monoisotopic (exact) mass is 258 g/mol. The van der Waals surface area contributed by atoms with Crippen LogP contribution in [0.25, 0.3) is 0 Å². The Balaban J connectivity index is 2.77. The van der Waals surface area contributed by atoms with Gasteiger partial charge in [-0.1, -0.05) is 18.2 Å². The van der Waals surface area contributed by atoms with E-state index in [0.29, 0.717) is 0 Å². The molecule has 1 rings (SSSR count). The largest absolute Gasteiger partial charge is 0.523 e. The molecule has 0 aliphatic rings. The molecule has 0 aliphatic carbocycles. The first-order valence-corrected chi connectivity index (χ1v) is 5.34. The summed E-state index contributed by atoms with van der Waals surface area (Å²) in [5, 5.41) is 0. The minimum atomic E-state index is -5.68. The molecular formula is C8H6F4O3S. The lowest BCUT2D eigenvalue weighted by Gasteiger charge is -2.08. The van der Waals surface area contributed by atoms with Crippen molar-refractivity contribution in [1.82, 2.24) is 0 Å². The number of hydrogen-bond donors (Lipinski definition) is 0. The van der Waals surface area contributed by atoms with Crippen molar-refractivity contribution in [1.29, 1.82) is 0 Å². The van der Waals surface area contributed by atoms with Gasteiger partial charge in [-0.25, -0.2) is 4.39 Å². The zero-order valence-electron chi connectivity index (χ0n) is 7.66. The van der Waals surface area contributed by atoms with E-state index in [4.69, 9.17) is 0 Å². The Morgan fingerprint density at radius 2 is 1.75 bits per heavy atom. The van der Waals surface area contributed by atoms with Gasteiger partial charge in [0.2, 0.25) is 0 Å². The number of rotatable bonds is 3. The number of halogens is 4. The smallest absolute Gasteiger partial charge is 0.258 e. The van der Waals surface area contributed by atoms with Crippen molar-refractivity contribution in [3.05, 3.63) is 35.6 Å². The van der Waals surface area contributed by atoms with Crippen molar-refractivity contribution >= 4 is 10.1 Å². The molecule has 0 bridgehead atoms. The Morgan fingerprint density at radius 1 is 1.19 bits per heavy atom. The highest BCUT2D eigenvalue weighted by molar-refractivity contribution is 7.87. The van der Waals surface area contributed by atoms with Crippen LogP contribution in [0.3, 0.4) is 0 Å². The quantitative estimate of drug-likeness (QED) is 0.474. The van der Waals surface area contributed by atoms with Gasteiger partial charge in [-0.15, -0.1) is 0 Å². The minimum absolute atomic E-state index is 0.268. The van der Waals surface area contributed by atoms with Crippen LogP contribution in [0, 0.1) is 5.82 Å². The van der Waals surface area contributed by atoms with Gasteiger partial charge >= 0.3 is 15.6 Å². The van der Waals surface area contributed by atoms with Gasteiger partial charge in [0.25, 0.3) is 0 Å². The molecule has 1 aromatic rings. The molecule has 0 unspecified atom stereocenters. The number of alkyl halides is 3. The molecule has 0 spiro atoms. The topological polar surface area (TPSA) is 43.4 Å². The molecule has 0 aromatic heterocycles. The fraction of sp³-hybridized carbons (Fsp3) is 0.250. The van der Waals surface area contributed by atoms with Gasteiger partial charge in [0.05, 0.1) is 6.61 Å². The average Bonchev–Trinajstić information content (AvgIpc) is 2.15. The summed E-state index contributed by atoms with van der Waals surface area (Å²) in [4.78, 5) is 0. The summed E-state index contributed by atoms with van der Waals surface area (Å²) >= 11 is 0. The second-order valence-corrected chi connectivity index (χ2v) is 4.36. The van der Waals surface area contributed by atoms with Crippen molar-refractivity contribution in [2.24, 2.45) is 0 Å².